The van der Waals surface area contributed by atoms with Crippen molar-refractivity contribution in [2.24, 2.45) is 0 Å². The average molecular weight is 221 g/mol. The van der Waals surface area contributed by atoms with Crippen molar-refractivity contribution < 1.29 is 4.74 Å². The van der Waals surface area contributed by atoms with Crippen molar-refractivity contribution in [1.82, 2.24) is 15.3 Å². The molecule has 2 N–H and O–H groups in total. The van der Waals surface area contributed by atoms with Crippen LogP contribution in [0.1, 0.15) is 43.6 Å². The first-order chi connectivity index (χ1) is 7.78. The van der Waals surface area contributed by atoms with Gasteiger partial charge in [-0.1, -0.05) is 0 Å². The molecule has 3 heterocycles. The van der Waals surface area contributed by atoms with E-state index in [0.29, 0.717) is 5.92 Å². The minimum atomic E-state index is -0.128. The maximum atomic E-state index is 5.82. The maximum absolute atomic E-state index is 5.82. The van der Waals surface area contributed by atoms with E-state index in [1.54, 1.807) is 0 Å². The third-order valence-corrected chi connectivity index (χ3v) is 3.83. The average Bonchev–Trinajstić information content (AvgIpc) is 2.98. The highest BCUT2D eigenvalue weighted by atomic mass is 16.5. The third kappa shape index (κ3) is 1.66. The molecule has 0 radical (unpaired) electrons. The second-order valence-electron chi connectivity index (χ2n) is 5.05. The largest absolute Gasteiger partial charge is 0.369 e. The highest BCUT2D eigenvalue weighted by molar-refractivity contribution is 5.15. The number of aromatic nitrogens is 2. The van der Waals surface area contributed by atoms with Crippen molar-refractivity contribution >= 4 is 0 Å². The SMILES string of the molecule is CC1(c2cnc(C3CCNC3)[nH]2)CCCO1. The molecule has 0 aliphatic carbocycles. The van der Waals surface area contributed by atoms with Gasteiger partial charge in [0.1, 0.15) is 11.4 Å². The maximum Gasteiger partial charge on any atom is 0.110 e. The fourth-order valence-corrected chi connectivity index (χ4v) is 2.69. The molecule has 0 spiro atoms. The van der Waals surface area contributed by atoms with Crippen molar-refractivity contribution in [2.45, 2.75) is 37.7 Å². The van der Waals surface area contributed by atoms with E-state index in [1.165, 1.54) is 6.42 Å². The van der Waals surface area contributed by atoms with Crippen molar-refractivity contribution in [3.05, 3.63) is 17.7 Å². The van der Waals surface area contributed by atoms with Gasteiger partial charge in [0.25, 0.3) is 0 Å². The Hall–Kier alpha value is -0.870. The van der Waals surface area contributed by atoms with Crippen LogP contribution in [0.25, 0.3) is 0 Å². The predicted octanol–water partition coefficient (Wildman–Crippen LogP) is 1.51. The summed E-state index contributed by atoms with van der Waals surface area (Å²) in [5, 5.41) is 3.37. The number of ether oxygens (including phenoxy) is 1. The van der Waals surface area contributed by atoms with Crippen molar-refractivity contribution in [1.29, 1.82) is 0 Å². The number of H-pyrrole nitrogens is 1. The topological polar surface area (TPSA) is 49.9 Å². The summed E-state index contributed by atoms with van der Waals surface area (Å²) in [5.74, 6) is 1.68. The van der Waals surface area contributed by atoms with Crippen LogP contribution in [0.15, 0.2) is 6.20 Å². The van der Waals surface area contributed by atoms with Crippen molar-refractivity contribution in [3.8, 4) is 0 Å². The van der Waals surface area contributed by atoms with Gasteiger partial charge in [-0.15, -0.1) is 0 Å². The molecule has 16 heavy (non-hydrogen) atoms. The number of imidazole rings is 1. The zero-order valence-electron chi connectivity index (χ0n) is 9.75. The number of aromatic amines is 1. The minimum absolute atomic E-state index is 0.128. The van der Waals surface area contributed by atoms with Crippen molar-refractivity contribution in [3.63, 3.8) is 0 Å². The molecule has 2 atom stereocenters. The molecule has 0 bridgehead atoms. The van der Waals surface area contributed by atoms with Crippen LogP contribution >= 0.6 is 0 Å². The van der Waals surface area contributed by atoms with Crippen LogP contribution < -0.4 is 5.32 Å². The molecule has 2 fully saturated rings. The fourth-order valence-electron chi connectivity index (χ4n) is 2.69. The van der Waals surface area contributed by atoms with Gasteiger partial charge in [-0.05, 0) is 32.7 Å². The van der Waals surface area contributed by atoms with Gasteiger partial charge < -0.3 is 15.0 Å². The summed E-state index contributed by atoms with van der Waals surface area (Å²) in [7, 11) is 0. The molecule has 4 nitrogen and oxygen atoms in total. The molecule has 2 saturated heterocycles. The van der Waals surface area contributed by atoms with Gasteiger partial charge in [-0.25, -0.2) is 4.98 Å². The monoisotopic (exact) mass is 221 g/mol. The molecule has 1 aromatic heterocycles. The van der Waals surface area contributed by atoms with Crippen LogP contribution in [0.4, 0.5) is 0 Å². The lowest BCUT2D eigenvalue weighted by atomic mass is 9.99. The lowest BCUT2D eigenvalue weighted by molar-refractivity contribution is 0.0135. The number of nitrogens with zero attached hydrogens (tertiary/aromatic N) is 1. The lowest BCUT2D eigenvalue weighted by Crippen LogP contribution is -2.20. The lowest BCUT2D eigenvalue weighted by Gasteiger charge is -2.21. The van der Waals surface area contributed by atoms with E-state index in [-0.39, 0.29) is 5.60 Å². The van der Waals surface area contributed by atoms with E-state index in [2.05, 4.69) is 22.2 Å². The van der Waals surface area contributed by atoms with Gasteiger partial charge in [-0.3, -0.25) is 0 Å². The summed E-state index contributed by atoms with van der Waals surface area (Å²) in [5.41, 5.74) is 1.02. The molecule has 3 rings (SSSR count). The first-order valence-corrected chi connectivity index (χ1v) is 6.18. The second-order valence-corrected chi connectivity index (χ2v) is 5.05. The molecule has 2 aliphatic heterocycles. The van der Waals surface area contributed by atoms with E-state index in [1.807, 2.05) is 6.20 Å². The van der Waals surface area contributed by atoms with Crippen LogP contribution in [0, 0.1) is 0 Å². The molecule has 0 saturated carbocycles. The molecule has 2 unspecified atom stereocenters. The highest BCUT2D eigenvalue weighted by Crippen LogP contribution is 2.35. The Bertz CT molecular complexity index is 362. The van der Waals surface area contributed by atoms with E-state index >= 15 is 0 Å². The molecular formula is C12H19N3O. The van der Waals surface area contributed by atoms with Gasteiger partial charge >= 0.3 is 0 Å². The predicted molar refractivity (Wildman–Crippen MR) is 61.4 cm³/mol. The van der Waals surface area contributed by atoms with E-state index in [9.17, 15) is 0 Å². The molecule has 4 heteroatoms. The first kappa shape index (κ1) is 10.3. The Labute approximate surface area is 95.8 Å². The quantitative estimate of drug-likeness (QED) is 0.796. The molecule has 88 valence electrons. The molecule has 1 aromatic rings. The van der Waals surface area contributed by atoms with E-state index < -0.39 is 0 Å². The zero-order valence-corrected chi connectivity index (χ0v) is 9.75. The smallest absolute Gasteiger partial charge is 0.110 e. The zero-order chi connectivity index (χ0) is 11.0. The van der Waals surface area contributed by atoms with Gasteiger partial charge in [0.15, 0.2) is 0 Å². The molecular weight excluding hydrogens is 202 g/mol. The van der Waals surface area contributed by atoms with Gasteiger partial charge in [-0.2, -0.15) is 0 Å². The van der Waals surface area contributed by atoms with Crippen molar-refractivity contribution in [2.75, 3.05) is 19.7 Å². The summed E-state index contributed by atoms with van der Waals surface area (Å²) in [6, 6.07) is 0. The van der Waals surface area contributed by atoms with Gasteiger partial charge in [0.2, 0.25) is 0 Å². The minimum Gasteiger partial charge on any atom is -0.369 e. The van der Waals surface area contributed by atoms with Gasteiger partial charge in [0, 0.05) is 19.1 Å². The second kappa shape index (κ2) is 3.86. The molecule has 2 aliphatic rings. The Morgan fingerprint density at radius 2 is 2.50 bits per heavy atom. The first-order valence-electron chi connectivity index (χ1n) is 6.18. The van der Waals surface area contributed by atoms with Crippen LogP contribution in [0.5, 0.6) is 0 Å². The van der Waals surface area contributed by atoms with E-state index in [0.717, 1.165) is 44.1 Å². The number of hydrogen-bond acceptors (Lipinski definition) is 3. The number of rotatable bonds is 2. The summed E-state index contributed by atoms with van der Waals surface area (Å²) < 4.78 is 5.82. The van der Waals surface area contributed by atoms with Gasteiger partial charge in [0.05, 0.1) is 11.9 Å². The van der Waals surface area contributed by atoms with E-state index in [4.69, 9.17) is 4.74 Å². The number of nitrogens with one attached hydrogen (secondary N) is 2. The number of hydrogen-bond donors (Lipinski definition) is 2. The van der Waals surface area contributed by atoms with Crippen LogP contribution in [0.3, 0.4) is 0 Å². The molecule has 0 aromatic carbocycles. The normalized spacial score (nSPS) is 34.7. The van der Waals surface area contributed by atoms with Crippen LogP contribution in [0.2, 0.25) is 0 Å². The molecule has 0 amide bonds. The Kier molecular flexibility index (Phi) is 2.48. The third-order valence-electron chi connectivity index (χ3n) is 3.83. The van der Waals surface area contributed by atoms with Crippen LogP contribution in [-0.4, -0.2) is 29.7 Å². The Balaban J connectivity index is 1.81. The van der Waals surface area contributed by atoms with Crippen LogP contribution in [-0.2, 0) is 10.3 Å². The Morgan fingerprint density at radius 1 is 1.56 bits per heavy atom. The Morgan fingerprint density at radius 3 is 3.19 bits per heavy atom. The summed E-state index contributed by atoms with van der Waals surface area (Å²) in [6.07, 6.45) is 5.39. The summed E-state index contributed by atoms with van der Waals surface area (Å²) >= 11 is 0. The fraction of sp³-hybridized carbons (Fsp3) is 0.750. The summed E-state index contributed by atoms with van der Waals surface area (Å²) in [4.78, 5) is 7.97. The summed E-state index contributed by atoms with van der Waals surface area (Å²) in [6.45, 7) is 5.18. The highest BCUT2D eigenvalue weighted by Gasteiger charge is 2.34. The standard InChI is InChI=1S/C12H19N3O/c1-12(4-2-6-16-12)10-8-14-11(15-10)9-3-5-13-7-9/h8-9,13H,2-7H2,1H3,(H,14,15).